The Balaban J connectivity index is 1.20. The number of benzene rings is 4. The van der Waals surface area contributed by atoms with Crippen molar-refractivity contribution in [1.29, 1.82) is 0 Å². The molecule has 42 heavy (non-hydrogen) atoms. The summed E-state index contributed by atoms with van der Waals surface area (Å²) in [5.41, 5.74) is 3.09. The van der Waals surface area contributed by atoms with Crippen LogP contribution in [0.1, 0.15) is 15.9 Å². The Bertz CT molecular complexity index is 1750. The Morgan fingerprint density at radius 2 is 1.62 bits per heavy atom. The van der Waals surface area contributed by atoms with E-state index in [1.54, 1.807) is 60.5 Å². The largest absolute Gasteiger partial charge is 0.497 e. The van der Waals surface area contributed by atoms with Gasteiger partial charge >= 0.3 is 0 Å². The van der Waals surface area contributed by atoms with E-state index >= 15 is 0 Å². The number of carbonyl (C=O) groups is 2. The number of ether oxygens (including phenoxy) is 2. The number of anilines is 3. The Morgan fingerprint density at radius 3 is 2.31 bits per heavy atom. The maximum atomic E-state index is 13.1. The molecule has 0 saturated heterocycles. The van der Waals surface area contributed by atoms with E-state index in [4.69, 9.17) is 32.7 Å². The van der Waals surface area contributed by atoms with E-state index in [1.807, 2.05) is 6.07 Å². The van der Waals surface area contributed by atoms with Crippen molar-refractivity contribution in [2.75, 3.05) is 35.2 Å². The fourth-order valence-corrected chi connectivity index (χ4v) is 5.91. The minimum atomic E-state index is -3.92. The van der Waals surface area contributed by atoms with Crippen molar-refractivity contribution in [2.45, 2.75) is 11.3 Å². The highest BCUT2D eigenvalue weighted by Crippen LogP contribution is 2.33. The first kappa shape index (κ1) is 29.2. The SMILES string of the molecule is COc1ccc(C(=O)N2CCc3ccc(NC(=O)COc4ccc(S(=O)(=O)Nc5ccc(Cl)cc5)cc4Cl)cc32)cc1. The van der Waals surface area contributed by atoms with Crippen LogP contribution in [0.25, 0.3) is 0 Å². The summed E-state index contributed by atoms with van der Waals surface area (Å²) in [5.74, 6) is 0.196. The molecule has 4 aromatic carbocycles. The summed E-state index contributed by atoms with van der Waals surface area (Å²) in [6.45, 7) is 0.153. The van der Waals surface area contributed by atoms with Crippen LogP contribution in [0.3, 0.4) is 0 Å². The molecule has 0 radical (unpaired) electrons. The molecule has 4 aromatic rings. The number of hydrogen-bond acceptors (Lipinski definition) is 6. The maximum Gasteiger partial charge on any atom is 0.262 e. The topological polar surface area (TPSA) is 114 Å². The van der Waals surface area contributed by atoms with Gasteiger partial charge in [-0.2, -0.15) is 0 Å². The Kier molecular flexibility index (Phi) is 8.58. The molecule has 1 aliphatic heterocycles. The number of methoxy groups -OCH3 is 1. The van der Waals surface area contributed by atoms with Crippen LogP contribution < -0.4 is 24.4 Å². The molecule has 2 N–H and O–H groups in total. The van der Waals surface area contributed by atoms with Gasteiger partial charge in [0.1, 0.15) is 11.5 Å². The lowest BCUT2D eigenvalue weighted by molar-refractivity contribution is -0.118. The molecule has 5 rings (SSSR count). The molecule has 12 heteroatoms. The smallest absolute Gasteiger partial charge is 0.262 e. The summed E-state index contributed by atoms with van der Waals surface area (Å²) < 4.78 is 38.6. The van der Waals surface area contributed by atoms with E-state index in [0.717, 1.165) is 11.3 Å². The van der Waals surface area contributed by atoms with Crippen LogP contribution in [0, 0.1) is 0 Å². The minimum Gasteiger partial charge on any atom is -0.497 e. The molecule has 1 aliphatic rings. The molecule has 0 saturated carbocycles. The van der Waals surface area contributed by atoms with Crippen molar-refractivity contribution in [2.24, 2.45) is 0 Å². The van der Waals surface area contributed by atoms with Crippen LogP contribution in [-0.4, -0.2) is 40.5 Å². The Hall–Kier alpha value is -4.25. The standard InChI is InChI=1S/C30H25Cl2N3O6S/c1-40-24-10-3-20(4-11-24)30(37)35-15-14-19-2-7-23(16-27(19)35)33-29(36)18-41-28-13-12-25(17-26(28)32)42(38,39)34-22-8-5-21(31)6-9-22/h2-13,16-17,34H,14-15,18H2,1H3,(H,33,36). The second kappa shape index (κ2) is 12.3. The minimum absolute atomic E-state index is 0.0204. The summed E-state index contributed by atoms with van der Waals surface area (Å²) in [6, 6.07) is 22.4. The molecule has 0 aromatic heterocycles. The normalized spacial score (nSPS) is 12.4. The van der Waals surface area contributed by atoms with Gasteiger partial charge in [-0.3, -0.25) is 14.3 Å². The molecule has 2 amide bonds. The molecule has 0 atom stereocenters. The lowest BCUT2D eigenvalue weighted by atomic mass is 10.1. The van der Waals surface area contributed by atoms with Crippen LogP contribution in [0.5, 0.6) is 11.5 Å². The van der Waals surface area contributed by atoms with Gasteiger partial charge in [0.25, 0.3) is 21.8 Å². The monoisotopic (exact) mass is 625 g/mol. The van der Waals surface area contributed by atoms with Gasteiger partial charge in [0, 0.05) is 34.2 Å². The van der Waals surface area contributed by atoms with Gasteiger partial charge in [0.15, 0.2) is 6.61 Å². The van der Waals surface area contributed by atoms with Crippen molar-refractivity contribution < 1.29 is 27.5 Å². The molecular formula is C30H25Cl2N3O6S. The molecule has 0 fully saturated rings. The van der Waals surface area contributed by atoms with Gasteiger partial charge in [-0.05, 0) is 90.8 Å². The van der Waals surface area contributed by atoms with Crippen molar-refractivity contribution in [3.8, 4) is 11.5 Å². The van der Waals surface area contributed by atoms with E-state index in [0.29, 0.717) is 40.7 Å². The summed E-state index contributed by atoms with van der Waals surface area (Å²) in [4.78, 5) is 27.4. The quantitative estimate of drug-likeness (QED) is 0.235. The second-order valence-corrected chi connectivity index (χ2v) is 11.8. The molecule has 0 spiro atoms. The lowest BCUT2D eigenvalue weighted by Crippen LogP contribution is -2.29. The highest BCUT2D eigenvalue weighted by Gasteiger charge is 2.26. The first-order chi connectivity index (χ1) is 20.1. The van der Waals surface area contributed by atoms with Gasteiger partial charge in [-0.15, -0.1) is 0 Å². The zero-order valence-electron chi connectivity index (χ0n) is 22.3. The van der Waals surface area contributed by atoms with E-state index in [9.17, 15) is 18.0 Å². The van der Waals surface area contributed by atoms with Crippen molar-refractivity contribution in [3.05, 3.63) is 106 Å². The first-order valence-corrected chi connectivity index (χ1v) is 15.0. The third-order valence-corrected chi connectivity index (χ3v) is 8.44. The van der Waals surface area contributed by atoms with Crippen molar-refractivity contribution >= 4 is 62.1 Å². The van der Waals surface area contributed by atoms with Crippen LogP contribution in [-0.2, 0) is 21.2 Å². The van der Waals surface area contributed by atoms with Crippen molar-refractivity contribution in [3.63, 3.8) is 0 Å². The Morgan fingerprint density at radius 1 is 0.905 bits per heavy atom. The summed E-state index contributed by atoms with van der Waals surface area (Å²) in [6.07, 6.45) is 0.702. The van der Waals surface area contributed by atoms with Gasteiger partial charge in [0.05, 0.1) is 17.0 Å². The second-order valence-electron chi connectivity index (χ2n) is 9.32. The van der Waals surface area contributed by atoms with Gasteiger partial charge in [-0.25, -0.2) is 8.42 Å². The summed E-state index contributed by atoms with van der Waals surface area (Å²) in [5, 5.41) is 3.26. The highest BCUT2D eigenvalue weighted by molar-refractivity contribution is 7.92. The molecule has 216 valence electrons. The van der Waals surface area contributed by atoms with E-state index in [2.05, 4.69) is 10.0 Å². The van der Waals surface area contributed by atoms with Gasteiger partial charge in [-0.1, -0.05) is 29.3 Å². The number of rotatable bonds is 9. The van der Waals surface area contributed by atoms with Crippen LogP contribution >= 0.6 is 23.2 Å². The molecule has 0 aliphatic carbocycles. The molecule has 0 unspecified atom stereocenters. The van der Waals surface area contributed by atoms with Gasteiger partial charge in [0.2, 0.25) is 0 Å². The van der Waals surface area contributed by atoms with Gasteiger partial charge < -0.3 is 19.7 Å². The van der Waals surface area contributed by atoms with Crippen LogP contribution in [0.2, 0.25) is 10.0 Å². The molecule has 9 nitrogen and oxygen atoms in total. The zero-order valence-corrected chi connectivity index (χ0v) is 24.6. The predicted molar refractivity (Wildman–Crippen MR) is 163 cm³/mol. The maximum absolute atomic E-state index is 13.1. The molecular weight excluding hydrogens is 601 g/mol. The van der Waals surface area contributed by atoms with E-state index in [1.165, 1.54) is 30.3 Å². The number of fused-ring (bicyclic) bond motifs is 1. The third kappa shape index (κ3) is 6.62. The fourth-order valence-electron chi connectivity index (χ4n) is 4.40. The zero-order chi connectivity index (χ0) is 29.9. The molecule has 1 heterocycles. The van der Waals surface area contributed by atoms with E-state index < -0.39 is 15.9 Å². The van der Waals surface area contributed by atoms with E-state index in [-0.39, 0.29) is 28.2 Å². The summed E-state index contributed by atoms with van der Waals surface area (Å²) in [7, 11) is -2.36. The summed E-state index contributed by atoms with van der Waals surface area (Å²) >= 11 is 12.1. The number of hydrogen-bond donors (Lipinski definition) is 2. The average Bonchev–Trinajstić information content (AvgIpc) is 3.40. The lowest BCUT2D eigenvalue weighted by Gasteiger charge is -2.18. The number of nitrogens with zero attached hydrogens (tertiary/aromatic N) is 1. The number of carbonyl (C=O) groups excluding carboxylic acids is 2. The number of halogens is 2. The van der Waals surface area contributed by atoms with Crippen molar-refractivity contribution in [1.82, 2.24) is 0 Å². The van der Waals surface area contributed by atoms with Crippen LogP contribution in [0.15, 0.2) is 89.8 Å². The average molecular weight is 627 g/mol. The fraction of sp³-hybridized carbons (Fsp3) is 0.133. The first-order valence-electron chi connectivity index (χ1n) is 12.7. The molecule has 0 bridgehead atoms. The number of amides is 2. The predicted octanol–water partition coefficient (Wildman–Crippen LogP) is 6.02. The highest BCUT2D eigenvalue weighted by atomic mass is 35.5. The van der Waals surface area contributed by atoms with Crippen LogP contribution in [0.4, 0.5) is 17.1 Å². The Labute approximate surface area is 253 Å². The number of sulfonamides is 1. The number of nitrogens with one attached hydrogen (secondary N) is 2. The third-order valence-electron chi connectivity index (χ3n) is 6.52.